The molecule has 3 rings (SSSR count). The number of thioether (sulfide) groups is 1. The molecule has 0 saturated carbocycles. The second kappa shape index (κ2) is 5.45. The average molecular weight is 276 g/mol. The van der Waals surface area contributed by atoms with Crippen molar-refractivity contribution in [1.29, 1.82) is 0 Å². The monoisotopic (exact) mass is 276 g/mol. The van der Waals surface area contributed by atoms with E-state index in [9.17, 15) is 0 Å². The summed E-state index contributed by atoms with van der Waals surface area (Å²) < 4.78 is 5.73. The summed E-state index contributed by atoms with van der Waals surface area (Å²) in [5.41, 5.74) is 3.00. The van der Waals surface area contributed by atoms with Crippen LogP contribution in [0.5, 0.6) is 0 Å². The van der Waals surface area contributed by atoms with Gasteiger partial charge in [0.25, 0.3) is 0 Å². The number of nitrogens with zero attached hydrogens (tertiary/aromatic N) is 1. The Morgan fingerprint density at radius 3 is 2.84 bits per heavy atom. The molecule has 0 amide bonds. The van der Waals surface area contributed by atoms with E-state index in [0.717, 1.165) is 22.7 Å². The first-order chi connectivity index (χ1) is 9.22. The lowest BCUT2D eigenvalue weighted by atomic mass is 10.1. The molecule has 0 spiro atoms. The maximum absolute atomic E-state index is 5.73. The van der Waals surface area contributed by atoms with Gasteiger partial charge in [-0.3, -0.25) is 0 Å². The summed E-state index contributed by atoms with van der Waals surface area (Å²) in [6, 6.07) is 6.83. The lowest BCUT2D eigenvalue weighted by molar-refractivity contribution is 0.501. The summed E-state index contributed by atoms with van der Waals surface area (Å²) in [4.78, 5) is 4.56. The van der Waals surface area contributed by atoms with Crippen molar-refractivity contribution in [3.05, 3.63) is 24.1 Å². The predicted molar refractivity (Wildman–Crippen MR) is 82.1 cm³/mol. The van der Waals surface area contributed by atoms with Crippen LogP contribution in [0.15, 0.2) is 22.6 Å². The van der Waals surface area contributed by atoms with Gasteiger partial charge < -0.3 is 9.73 Å². The van der Waals surface area contributed by atoms with E-state index >= 15 is 0 Å². The van der Waals surface area contributed by atoms with Gasteiger partial charge in [0.2, 0.25) is 0 Å². The van der Waals surface area contributed by atoms with E-state index in [1.807, 2.05) is 6.07 Å². The number of hydrogen-bond donors (Lipinski definition) is 1. The molecule has 102 valence electrons. The maximum atomic E-state index is 5.73. The standard InChI is InChI=1S/C15H20N2OS/c1-10(2)15-17-13-9-12(3-4-14(13)18-15)16-11-5-7-19-8-6-11/h3-4,9-11,16H,5-8H2,1-2H3. The van der Waals surface area contributed by atoms with Gasteiger partial charge in [0.1, 0.15) is 5.52 Å². The number of aromatic nitrogens is 1. The van der Waals surface area contributed by atoms with Crippen LogP contribution in [-0.2, 0) is 0 Å². The summed E-state index contributed by atoms with van der Waals surface area (Å²) in [5, 5.41) is 3.62. The molecule has 2 aromatic rings. The first kappa shape index (κ1) is 12.9. The zero-order valence-corrected chi connectivity index (χ0v) is 12.3. The molecule has 0 aliphatic carbocycles. The molecule has 2 heterocycles. The van der Waals surface area contributed by atoms with Gasteiger partial charge in [0, 0.05) is 17.6 Å². The number of anilines is 1. The van der Waals surface area contributed by atoms with E-state index < -0.39 is 0 Å². The van der Waals surface area contributed by atoms with Crippen molar-refractivity contribution in [3.63, 3.8) is 0 Å². The molecule has 0 unspecified atom stereocenters. The van der Waals surface area contributed by atoms with Gasteiger partial charge in [-0.05, 0) is 42.5 Å². The van der Waals surface area contributed by atoms with Gasteiger partial charge >= 0.3 is 0 Å². The van der Waals surface area contributed by atoms with E-state index in [1.165, 1.54) is 24.3 Å². The molecular formula is C15H20N2OS. The normalized spacial score (nSPS) is 17.2. The quantitative estimate of drug-likeness (QED) is 0.909. The second-order valence-corrected chi connectivity index (χ2v) is 6.65. The summed E-state index contributed by atoms with van der Waals surface area (Å²) in [5.74, 6) is 3.68. The minimum atomic E-state index is 0.333. The Kier molecular flexibility index (Phi) is 3.69. The van der Waals surface area contributed by atoms with Crippen LogP contribution in [0.2, 0.25) is 0 Å². The van der Waals surface area contributed by atoms with Crippen molar-refractivity contribution >= 4 is 28.5 Å². The van der Waals surface area contributed by atoms with Crippen LogP contribution in [0.25, 0.3) is 11.1 Å². The summed E-state index contributed by atoms with van der Waals surface area (Å²) in [6.45, 7) is 4.20. The largest absolute Gasteiger partial charge is 0.440 e. The number of benzene rings is 1. The molecule has 1 fully saturated rings. The van der Waals surface area contributed by atoms with Crippen LogP contribution >= 0.6 is 11.8 Å². The molecule has 19 heavy (non-hydrogen) atoms. The third-order valence-electron chi connectivity index (χ3n) is 3.49. The van der Waals surface area contributed by atoms with Crippen molar-refractivity contribution < 1.29 is 4.42 Å². The number of oxazole rings is 1. The molecule has 1 aromatic heterocycles. The highest BCUT2D eigenvalue weighted by molar-refractivity contribution is 7.99. The second-order valence-electron chi connectivity index (χ2n) is 5.42. The minimum absolute atomic E-state index is 0.333. The molecule has 0 radical (unpaired) electrons. The Bertz CT molecular complexity index is 558. The van der Waals surface area contributed by atoms with E-state index in [2.05, 4.69) is 48.0 Å². The van der Waals surface area contributed by atoms with Crippen LogP contribution < -0.4 is 5.32 Å². The molecule has 1 aliphatic heterocycles. The van der Waals surface area contributed by atoms with Crippen LogP contribution in [0.3, 0.4) is 0 Å². The Balaban J connectivity index is 1.80. The molecule has 1 N–H and O–H groups in total. The van der Waals surface area contributed by atoms with Gasteiger partial charge in [-0.1, -0.05) is 13.8 Å². The van der Waals surface area contributed by atoms with Crippen LogP contribution in [0.1, 0.15) is 38.5 Å². The topological polar surface area (TPSA) is 38.1 Å². The van der Waals surface area contributed by atoms with Crippen molar-refractivity contribution in [2.45, 2.75) is 38.6 Å². The summed E-state index contributed by atoms with van der Waals surface area (Å²) in [6.07, 6.45) is 2.50. The number of hydrogen-bond acceptors (Lipinski definition) is 4. The fourth-order valence-electron chi connectivity index (χ4n) is 2.36. The third kappa shape index (κ3) is 2.89. The van der Waals surface area contributed by atoms with Crippen molar-refractivity contribution in [1.82, 2.24) is 4.98 Å². The third-order valence-corrected chi connectivity index (χ3v) is 4.54. The Morgan fingerprint density at radius 1 is 1.32 bits per heavy atom. The highest BCUT2D eigenvalue weighted by atomic mass is 32.2. The van der Waals surface area contributed by atoms with Crippen LogP contribution in [0.4, 0.5) is 5.69 Å². The van der Waals surface area contributed by atoms with Crippen LogP contribution in [-0.4, -0.2) is 22.5 Å². The maximum Gasteiger partial charge on any atom is 0.198 e. The van der Waals surface area contributed by atoms with Gasteiger partial charge in [0.15, 0.2) is 11.5 Å². The molecule has 1 aliphatic rings. The molecule has 4 heteroatoms. The fourth-order valence-corrected chi connectivity index (χ4v) is 3.47. The number of fused-ring (bicyclic) bond motifs is 1. The molecule has 3 nitrogen and oxygen atoms in total. The SMILES string of the molecule is CC(C)c1nc2cc(NC3CCSCC3)ccc2o1. The molecule has 0 atom stereocenters. The lowest BCUT2D eigenvalue weighted by Gasteiger charge is -2.23. The van der Waals surface area contributed by atoms with Gasteiger partial charge in [0.05, 0.1) is 0 Å². The average Bonchev–Trinajstić information content (AvgIpc) is 2.83. The fraction of sp³-hybridized carbons (Fsp3) is 0.533. The number of rotatable bonds is 3. The molecule has 1 saturated heterocycles. The molecule has 1 aromatic carbocycles. The zero-order valence-electron chi connectivity index (χ0n) is 11.5. The lowest BCUT2D eigenvalue weighted by Crippen LogP contribution is -2.24. The van der Waals surface area contributed by atoms with E-state index in [0.29, 0.717) is 12.0 Å². The smallest absolute Gasteiger partial charge is 0.198 e. The van der Waals surface area contributed by atoms with Crippen molar-refractivity contribution in [2.75, 3.05) is 16.8 Å². The van der Waals surface area contributed by atoms with E-state index in [-0.39, 0.29) is 0 Å². The predicted octanol–water partition coefficient (Wildman–Crippen LogP) is 4.26. The summed E-state index contributed by atoms with van der Waals surface area (Å²) >= 11 is 2.05. The molecular weight excluding hydrogens is 256 g/mol. The summed E-state index contributed by atoms with van der Waals surface area (Å²) in [7, 11) is 0. The Hall–Kier alpha value is -1.16. The van der Waals surface area contributed by atoms with Crippen molar-refractivity contribution in [2.24, 2.45) is 0 Å². The highest BCUT2D eigenvalue weighted by Crippen LogP contribution is 2.26. The highest BCUT2D eigenvalue weighted by Gasteiger charge is 2.14. The zero-order chi connectivity index (χ0) is 13.2. The van der Waals surface area contributed by atoms with E-state index in [1.54, 1.807) is 0 Å². The number of nitrogens with one attached hydrogen (secondary N) is 1. The van der Waals surface area contributed by atoms with Gasteiger partial charge in [-0.25, -0.2) is 4.98 Å². The Morgan fingerprint density at radius 2 is 2.11 bits per heavy atom. The first-order valence-electron chi connectivity index (χ1n) is 6.97. The van der Waals surface area contributed by atoms with Gasteiger partial charge in [-0.2, -0.15) is 11.8 Å². The van der Waals surface area contributed by atoms with Gasteiger partial charge in [-0.15, -0.1) is 0 Å². The van der Waals surface area contributed by atoms with Crippen LogP contribution in [0, 0.1) is 0 Å². The Labute approximate surface area is 118 Å². The van der Waals surface area contributed by atoms with E-state index in [4.69, 9.17) is 4.42 Å². The van der Waals surface area contributed by atoms with Crippen molar-refractivity contribution in [3.8, 4) is 0 Å². The molecule has 0 bridgehead atoms. The minimum Gasteiger partial charge on any atom is -0.440 e. The first-order valence-corrected chi connectivity index (χ1v) is 8.12.